The quantitative estimate of drug-likeness (QED) is 0.178. The highest BCUT2D eigenvalue weighted by molar-refractivity contribution is 8.00. The molecule has 0 N–H and O–H groups in total. The predicted octanol–water partition coefficient (Wildman–Crippen LogP) is 4.73. The largest absolute Gasteiger partial charge is 0.458 e. The van der Waals surface area contributed by atoms with E-state index in [2.05, 4.69) is 63.2 Å². The van der Waals surface area contributed by atoms with Gasteiger partial charge in [-0.15, -0.1) is 0 Å². The zero-order chi connectivity index (χ0) is 40.8. The Morgan fingerprint density at radius 3 is 1.21 bits per heavy atom. The lowest BCUT2D eigenvalue weighted by atomic mass is 9.30. The molecule has 6 aliphatic rings. The van der Waals surface area contributed by atoms with Gasteiger partial charge >= 0.3 is 0 Å². The molecule has 282 valence electrons. The van der Waals surface area contributed by atoms with E-state index in [1.54, 1.807) is 36.0 Å². The maximum absolute atomic E-state index is 10.3. The Morgan fingerprint density at radius 1 is 0.393 bits per heavy atom. The molecular formula is C47H24B3N5O4S2. The van der Waals surface area contributed by atoms with Crippen LogP contribution in [0.2, 0.25) is 0 Å². The molecule has 0 amide bonds. The molecule has 0 spiro atoms. The van der Waals surface area contributed by atoms with Gasteiger partial charge in [0.2, 0.25) is 0 Å². The summed E-state index contributed by atoms with van der Waals surface area (Å²) in [5.41, 5.74) is 14.3. The van der Waals surface area contributed by atoms with Gasteiger partial charge in [-0.1, -0.05) is 48.5 Å². The zero-order valence-electron chi connectivity index (χ0n) is 32.3. The molecule has 6 heterocycles. The van der Waals surface area contributed by atoms with Crippen molar-refractivity contribution in [2.75, 3.05) is 21.1 Å². The minimum Gasteiger partial charge on any atom is -0.458 e. The van der Waals surface area contributed by atoms with Crippen LogP contribution in [0.5, 0.6) is 46.0 Å². The van der Waals surface area contributed by atoms with Crippen LogP contribution in [0.3, 0.4) is 0 Å². The van der Waals surface area contributed by atoms with Gasteiger partial charge in [0.25, 0.3) is 20.1 Å². The molecule has 14 heteroatoms. The van der Waals surface area contributed by atoms with Crippen LogP contribution >= 0.6 is 23.9 Å². The fraction of sp³-hybridized carbons (Fsp3) is 0.0426. The van der Waals surface area contributed by atoms with Crippen molar-refractivity contribution in [3.8, 4) is 64.2 Å². The first-order chi connectivity index (χ1) is 30.0. The summed E-state index contributed by atoms with van der Waals surface area (Å²) in [5, 5.41) is 30.5. The fourth-order valence-electron chi connectivity index (χ4n) is 10.4. The summed E-state index contributed by atoms with van der Waals surface area (Å²) >= 11 is 3.12. The smallest absolute Gasteiger partial charge is 0.260 e. The van der Waals surface area contributed by atoms with Gasteiger partial charge in [-0.25, -0.2) is 0 Å². The Kier molecular flexibility index (Phi) is 7.01. The Balaban J connectivity index is 1.09. The molecule has 0 unspecified atom stereocenters. The summed E-state index contributed by atoms with van der Waals surface area (Å²) in [6, 6.07) is 43.3. The van der Waals surface area contributed by atoms with Crippen molar-refractivity contribution in [3.63, 3.8) is 0 Å². The van der Waals surface area contributed by atoms with Gasteiger partial charge in [-0.05, 0) is 116 Å². The summed E-state index contributed by atoms with van der Waals surface area (Å²) in [7, 11) is 0. The van der Waals surface area contributed by atoms with Crippen molar-refractivity contribution in [1.29, 1.82) is 15.8 Å². The highest BCUT2D eigenvalue weighted by Gasteiger charge is 2.48. The van der Waals surface area contributed by atoms with Gasteiger partial charge < -0.3 is 18.9 Å². The second-order valence-electron chi connectivity index (χ2n) is 15.7. The van der Waals surface area contributed by atoms with Crippen LogP contribution in [0.4, 0.5) is 22.7 Å². The Hall–Kier alpha value is -7.30. The summed E-state index contributed by atoms with van der Waals surface area (Å²) in [6.07, 6.45) is 4.07. The van der Waals surface area contributed by atoms with E-state index >= 15 is 0 Å². The maximum atomic E-state index is 10.3. The van der Waals surface area contributed by atoms with Crippen molar-refractivity contribution in [1.82, 2.24) is 0 Å². The minimum atomic E-state index is -0.285. The van der Waals surface area contributed by atoms with E-state index in [-0.39, 0.29) is 20.1 Å². The molecule has 9 nitrogen and oxygen atoms in total. The normalized spacial score (nSPS) is 14.2. The molecule has 13 rings (SSSR count). The molecular weight excluding hydrogens is 795 g/mol. The van der Waals surface area contributed by atoms with E-state index in [0.29, 0.717) is 51.2 Å². The fourth-order valence-corrected chi connectivity index (χ4v) is 11.8. The van der Waals surface area contributed by atoms with Crippen molar-refractivity contribution >= 4 is 116 Å². The molecule has 0 saturated heterocycles. The average molecular weight is 819 g/mol. The topological polar surface area (TPSA) is 115 Å². The van der Waals surface area contributed by atoms with Crippen LogP contribution in [0, 0.1) is 34.0 Å². The van der Waals surface area contributed by atoms with E-state index in [4.69, 9.17) is 18.9 Å². The number of rotatable bonds is 2. The average Bonchev–Trinajstić information content (AvgIpc) is 3.29. The second-order valence-corrected chi connectivity index (χ2v) is 17.1. The van der Waals surface area contributed by atoms with E-state index in [9.17, 15) is 15.8 Å². The summed E-state index contributed by atoms with van der Waals surface area (Å²) < 4.78 is 31.1. The van der Waals surface area contributed by atoms with E-state index in [1.807, 2.05) is 73.2 Å². The van der Waals surface area contributed by atoms with Crippen LogP contribution < -0.4 is 76.7 Å². The second kappa shape index (κ2) is 12.4. The first-order valence-electron chi connectivity index (χ1n) is 19.7. The summed E-state index contributed by atoms with van der Waals surface area (Å²) in [6.45, 7) is -0.679. The molecule has 61 heavy (non-hydrogen) atoms. The highest BCUT2D eigenvalue weighted by atomic mass is 32.2. The minimum absolute atomic E-state index is 0.178. The van der Waals surface area contributed by atoms with Crippen molar-refractivity contribution in [3.05, 3.63) is 126 Å². The van der Waals surface area contributed by atoms with Crippen LogP contribution in [0.25, 0.3) is 0 Å². The van der Waals surface area contributed by atoms with Crippen LogP contribution in [0.1, 0.15) is 16.7 Å². The van der Waals surface area contributed by atoms with Crippen molar-refractivity contribution in [2.24, 2.45) is 0 Å². The number of anilines is 4. The molecule has 0 atom stereocenters. The summed E-state index contributed by atoms with van der Waals surface area (Å²) in [4.78, 5) is 0. The lowest BCUT2D eigenvalue weighted by molar-refractivity contribution is 0.464. The number of ether oxygens (including phenoxy) is 4. The number of benzene rings is 7. The molecule has 0 aromatic heterocycles. The first-order valence-corrected chi connectivity index (χ1v) is 22.0. The lowest BCUT2D eigenvalue weighted by Crippen LogP contribution is -2.64. The number of nitrogens with zero attached hydrogens (tertiary/aromatic N) is 5. The SMILES string of the molecule is CSN1c2cc3c(cc2B2c4cc5c(cc4Oc4cc(C#N)cc1c42)N(SC)c1cc(C#N)cc2c1B5c1ccccc1O2)B1c2ccccc2Oc2cc(C#N)cc(c21)O3. The third-order valence-corrected chi connectivity index (χ3v) is 14.3. The third kappa shape index (κ3) is 4.54. The van der Waals surface area contributed by atoms with Crippen LogP contribution in [-0.4, -0.2) is 32.6 Å². The van der Waals surface area contributed by atoms with E-state index in [0.717, 1.165) is 83.4 Å². The van der Waals surface area contributed by atoms with Crippen molar-refractivity contribution < 1.29 is 18.9 Å². The van der Waals surface area contributed by atoms with Gasteiger partial charge in [-0.2, -0.15) is 15.8 Å². The van der Waals surface area contributed by atoms with Gasteiger partial charge in [-0.3, -0.25) is 8.61 Å². The lowest BCUT2D eigenvalue weighted by Gasteiger charge is -2.42. The predicted molar refractivity (Wildman–Crippen MR) is 245 cm³/mol. The van der Waals surface area contributed by atoms with Gasteiger partial charge in [0.15, 0.2) is 0 Å². The molecule has 0 aliphatic carbocycles. The first kappa shape index (κ1) is 34.6. The number of nitriles is 3. The number of fused-ring (bicyclic) bond motifs is 12. The van der Waals surface area contributed by atoms with Crippen LogP contribution in [0.15, 0.2) is 109 Å². The standard InChI is InChI=1S/C47H24B3N5O4S2/c1-60-54-33-19-40-32(17-29(33)48-27-7-3-5-9-37(27)56-41-13-24(21-51)11-35(54)45(41)48)50-30-18-31-39(20-34(30)55(61-2)36-12-25(22-52)14-42(58-40)46(36)50)59-44-16-26(23-53)15-43-47(44)49(31)28-8-4-6-10-38(28)57-43/h3-20H,1-2H3. The Labute approximate surface area is 360 Å². The number of para-hydroxylation sites is 2. The van der Waals surface area contributed by atoms with Gasteiger partial charge in [0.05, 0.1) is 57.6 Å². The molecule has 0 bridgehead atoms. The molecule has 7 aromatic rings. The molecule has 6 aliphatic heterocycles. The van der Waals surface area contributed by atoms with Gasteiger partial charge in [0.1, 0.15) is 46.0 Å². The highest BCUT2D eigenvalue weighted by Crippen LogP contribution is 2.45. The molecule has 0 radical (unpaired) electrons. The molecule has 0 saturated carbocycles. The van der Waals surface area contributed by atoms with Crippen molar-refractivity contribution in [2.45, 2.75) is 0 Å². The van der Waals surface area contributed by atoms with E-state index < -0.39 is 0 Å². The van der Waals surface area contributed by atoms with Gasteiger partial charge in [0, 0.05) is 30.1 Å². The zero-order valence-corrected chi connectivity index (χ0v) is 33.9. The molecule has 7 aromatic carbocycles. The van der Waals surface area contributed by atoms with Crippen LogP contribution in [-0.2, 0) is 0 Å². The maximum Gasteiger partial charge on any atom is 0.260 e. The number of hydrogen-bond donors (Lipinski definition) is 0. The number of hydrogen-bond acceptors (Lipinski definition) is 11. The van der Waals surface area contributed by atoms with E-state index in [1.165, 1.54) is 0 Å². The molecule has 0 fully saturated rings. The Morgan fingerprint density at radius 2 is 0.770 bits per heavy atom. The Bertz CT molecular complexity index is 3360. The third-order valence-electron chi connectivity index (χ3n) is 12.7. The monoisotopic (exact) mass is 819 g/mol. The summed E-state index contributed by atoms with van der Waals surface area (Å²) in [5.74, 6) is 5.42.